The van der Waals surface area contributed by atoms with Gasteiger partial charge in [0.2, 0.25) is 5.91 Å². The molecule has 2 fully saturated rings. The fraction of sp³-hybridized carbons (Fsp3) is 0.929. The van der Waals surface area contributed by atoms with Gasteiger partial charge in [0.05, 0.1) is 25.8 Å². The van der Waals surface area contributed by atoms with Crippen molar-refractivity contribution in [3.63, 3.8) is 0 Å². The first-order valence-corrected chi connectivity index (χ1v) is 7.24. The summed E-state index contributed by atoms with van der Waals surface area (Å²) in [7, 11) is 0. The number of rotatable bonds is 6. The van der Waals surface area contributed by atoms with E-state index in [0.29, 0.717) is 25.7 Å². The molecule has 19 heavy (non-hydrogen) atoms. The maximum atomic E-state index is 12.2. The molecule has 1 heterocycles. The number of carbonyl (C=O) groups excluding carboxylic acids is 1. The zero-order valence-corrected chi connectivity index (χ0v) is 12.9. The van der Waals surface area contributed by atoms with E-state index in [4.69, 9.17) is 4.74 Å². The molecule has 0 radical (unpaired) electrons. The summed E-state index contributed by atoms with van der Waals surface area (Å²) in [6.07, 6.45) is 3.69. The normalized spacial score (nSPS) is 23.3. The van der Waals surface area contributed by atoms with E-state index in [1.165, 1.54) is 12.8 Å². The van der Waals surface area contributed by atoms with Crippen molar-refractivity contribution in [3.05, 3.63) is 0 Å². The minimum atomic E-state index is 0. The van der Waals surface area contributed by atoms with Gasteiger partial charge in [0.25, 0.3) is 0 Å². The van der Waals surface area contributed by atoms with Gasteiger partial charge in [-0.15, -0.1) is 12.4 Å². The largest absolute Gasteiger partial charge is 0.377 e. The van der Waals surface area contributed by atoms with Crippen LogP contribution < -0.4 is 5.32 Å². The van der Waals surface area contributed by atoms with Gasteiger partial charge in [-0.25, -0.2) is 0 Å². The van der Waals surface area contributed by atoms with Gasteiger partial charge in [0.1, 0.15) is 0 Å². The summed E-state index contributed by atoms with van der Waals surface area (Å²) in [6.45, 7) is 8.03. The van der Waals surface area contributed by atoms with E-state index in [-0.39, 0.29) is 24.4 Å². The van der Waals surface area contributed by atoms with Crippen LogP contribution in [-0.2, 0) is 9.53 Å². The van der Waals surface area contributed by atoms with Crippen molar-refractivity contribution in [1.82, 2.24) is 10.2 Å². The molecule has 1 saturated carbocycles. The Morgan fingerprint density at radius 1 is 1.42 bits per heavy atom. The summed E-state index contributed by atoms with van der Waals surface area (Å²) in [6, 6.07) is 0.272. The molecule has 1 atom stereocenters. The van der Waals surface area contributed by atoms with E-state index in [0.717, 1.165) is 25.4 Å². The van der Waals surface area contributed by atoms with Crippen molar-refractivity contribution in [3.8, 4) is 0 Å². The third kappa shape index (κ3) is 5.67. The van der Waals surface area contributed by atoms with Gasteiger partial charge in [-0.1, -0.05) is 13.8 Å². The Hall–Kier alpha value is -0.320. The molecule has 2 aliphatic rings. The SMILES string of the molecule is CC(C)CC1COCCN1C(=O)CNCC1CC1.Cl. The van der Waals surface area contributed by atoms with Crippen LogP contribution in [0.1, 0.15) is 33.1 Å². The standard InChI is InChI=1S/C14H26N2O2.ClH/c1-11(2)7-13-10-18-6-5-16(13)14(17)9-15-8-12-3-4-12;/h11-13,15H,3-10H2,1-2H3;1H. The maximum absolute atomic E-state index is 12.2. The van der Waals surface area contributed by atoms with Gasteiger partial charge in [-0.05, 0) is 37.6 Å². The van der Waals surface area contributed by atoms with E-state index >= 15 is 0 Å². The number of amides is 1. The van der Waals surface area contributed by atoms with Gasteiger partial charge in [-0.3, -0.25) is 4.79 Å². The quantitative estimate of drug-likeness (QED) is 0.809. The van der Waals surface area contributed by atoms with Crippen molar-refractivity contribution in [1.29, 1.82) is 0 Å². The summed E-state index contributed by atoms with van der Waals surface area (Å²) in [5.41, 5.74) is 0. The second kappa shape index (κ2) is 8.08. The predicted octanol–water partition coefficient (Wildman–Crippen LogP) is 1.68. The Labute approximate surface area is 122 Å². The number of nitrogens with zero attached hydrogens (tertiary/aromatic N) is 1. The molecule has 0 aromatic rings. The summed E-state index contributed by atoms with van der Waals surface area (Å²) in [5, 5.41) is 3.29. The molecular formula is C14H27ClN2O2. The molecule has 0 aromatic carbocycles. The first-order chi connectivity index (χ1) is 8.66. The van der Waals surface area contributed by atoms with Crippen LogP contribution >= 0.6 is 12.4 Å². The number of hydrogen-bond donors (Lipinski definition) is 1. The van der Waals surface area contributed by atoms with E-state index < -0.39 is 0 Å². The smallest absolute Gasteiger partial charge is 0.236 e. The number of ether oxygens (including phenoxy) is 1. The summed E-state index contributed by atoms with van der Waals surface area (Å²) in [5.74, 6) is 1.67. The highest BCUT2D eigenvalue weighted by atomic mass is 35.5. The number of nitrogens with one attached hydrogen (secondary N) is 1. The molecule has 0 bridgehead atoms. The lowest BCUT2D eigenvalue weighted by atomic mass is 10.0. The first kappa shape index (κ1) is 16.7. The van der Waals surface area contributed by atoms with Crippen LogP contribution in [0.2, 0.25) is 0 Å². The van der Waals surface area contributed by atoms with Crippen molar-refractivity contribution in [2.75, 3.05) is 32.8 Å². The van der Waals surface area contributed by atoms with Crippen LogP contribution in [0.25, 0.3) is 0 Å². The Bertz CT molecular complexity index is 283. The van der Waals surface area contributed by atoms with E-state index in [1.54, 1.807) is 0 Å². The van der Waals surface area contributed by atoms with E-state index in [9.17, 15) is 4.79 Å². The van der Waals surface area contributed by atoms with Crippen LogP contribution in [-0.4, -0.2) is 49.7 Å². The maximum Gasteiger partial charge on any atom is 0.236 e. The Kier molecular flexibility index (Phi) is 7.11. The molecule has 1 saturated heterocycles. The molecule has 1 amide bonds. The lowest BCUT2D eigenvalue weighted by Crippen LogP contribution is -2.51. The number of halogens is 1. The number of morpholine rings is 1. The minimum absolute atomic E-state index is 0. The third-order valence-corrected chi connectivity index (χ3v) is 3.70. The second-order valence-electron chi connectivity index (χ2n) is 6.02. The Balaban J connectivity index is 0.00000180. The predicted molar refractivity (Wildman–Crippen MR) is 78.6 cm³/mol. The van der Waals surface area contributed by atoms with Crippen LogP contribution in [0.5, 0.6) is 0 Å². The zero-order chi connectivity index (χ0) is 13.0. The Morgan fingerprint density at radius 3 is 2.79 bits per heavy atom. The van der Waals surface area contributed by atoms with Crippen molar-refractivity contribution >= 4 is 18.3 Å². The number of carbonyl (C=O) groups is 1. The summed E-state index contributed by atoms with van der Waals surface area (Å²) < 4.78 is 5.50. The number of hydrogen-bond acceptors (Lipinski definition) is 3. The Morgan fingerprint density at radius 2 is 2.16 bits per heavy atom. The van der Waals surface area contributed by atoms with Crippen LogP contribution in [0.3, 0.4) is 0 Å². The fourth-order valence-electron chi connectivity index (χ4n) is 2.53. The molecule has 1 N–H and O–H groups in total. The highest BCUT2D eigenvalue weighted by Gasteiger charge is 2.28. The fourth-order valence-corrected chi connectivity index (χ4v) is 2.53. The van der Waals surface area contributed by atoms with Crippen molar-refractivity contribution < 1.29 is 9.53 Å². The molecule has 4 nitrogen and oxygen atoms in total. The molecule has 1 aliphatic carbocycles. The highest BCUT2D eigenvalue weighted by molar-refractivity contribution is 5.85. The molecule has 0 spiro atoms. The summed E-state index contributed by atoms with van der Waals surface area (Å²) >= 11 is 0. The van der Waals surface area contributed by atoms with Gasteiger partial charge >= 0.3 is 0 Å². The topological polar surface area (TPSA) is 41.6 Å². The van der Waals surface area contributed by atoms with Gasteiger partial charge in [0, 0.05) is 6.54 Å². The van der Waals surface area contributed by atoms with Crippen LogP contribution in [0.15, 0.2) is 0 Å². The zero-order valence-electron chi connectivity index (χ0n) is 12.1. The van der Waals surface area contributed by atoms with Gasteiger partial charge < -0.3 is 15.0 Å². The van der Waals surface area contributed by atoms with Crippen LogP contribution in [0, 0.1) is 11.8 Å². The molecule has 5 heteroatoms. The van der Waals surface area contributed by atoms with Gasteiger partial charge in [-0.2, -0.15) is 0 Å². The lowest BCUT2D eigenvalue weighted by Gasteiger charge is -2.36. The monoisotopic (exact) mass is 290 g/mol. The second-order valence-corrected chi connectivity index (χ2v) is 6.02. The van der Waals surface area contributed by atoms with E-state index in [1.807, 2.05) is 4.90 Å². The minimum Gasteiger partial charge on any atom is -0.377 e. The molecule has 2 rings (SSSR count). The molecule has 112 valence electrons. The van der Waals surface area contributed by atoms with Crippen molar-refractivity contribution in [2.24, 2.45) is 11.8 Å². The van der Waals surface area contributed by atoms with E-state index in [2.05, 4.69) is 19.2 Å². The van der Waals surface area contributed by atoms with Crippen LogP contribution in [0.4, 0.5) is 0 Å². The average molecular weight is 291 g/mol. The lowest BCUT2D eigenvalue weighted by molar-refractivity contribution is -0.139. The van der Waals surface area contributed by atoms with Crippen molar-refractivity contribution in [2.45, 2.75) is 39.2 Å². The first-order valence-electron chi connectivity index (χ1n) is 7.24. The van der Waals surface area contributed by atoms with Gasteiger partial charge in [0.15, 0.2) is 0 Å². The highest BCUT2D eigenvalue weighted by Crippen LogP contribution is 2.27. The third-order valence-electron chi connectivity index (χ3n) is 3.70. The average Bonchev–Trinajstić information content (AvgIpc) is 3.13. The molecule has 0 aromatic heterocycles. The molecule has 1 aliphatic heterocycles. The summed E-state index contributed by atoms with van der Waals surface area (Å²) in [4.78, 5) is 14.2. The molecule has 1 unspecified atom stereocenters. The molecular weight excluding hydrogens is 264 g/mol.